The lowest BCUT2D eigenvalue weighted by Crippen LogP contribution is -2.54. The number of phenols is 2. The number of hydrogen-bond acceptors (Lipinski definition) is 4. The van der Waals surface area contributed by atoms with E-state index >= 15 is 0 Å². The average Bonchev–Trinajstić information content (AvgIpc) is 2.65. The van der Waals surface area contributed by atoms with Crippen molar-refractivity contribution in [2.75, 3.05) is 18.1 Å². The van der Waals surface area contributed by atoms with Crippen LogP contribution in [0.15, 0.2) is 36.4 Å². The first-order valence-electron chi connectivity index (χ1n) is 8.45. The number of aromatic hydroxyl groups is 2. The number of benzene rings is 2. The molecule has 0 saturated heterocycles. The van der Waals surface area contributed by atoms with E-state index in [1.54, 1.807) is 0 Å². The lowest BCUT2D eigenvalue weighted by atomic mass is 9.72. The maximum absolute atomic E-state index is 13.8. The van der Waals surface area contributed by atoms with Crippen LogP contribution in [-0.4, -0.2) is 41.3 Å². The van der Waals surface area contributed by atoms with Gasteiger partial charge in [-0.15, -0.1) is 0 Å². The molecule has 0 radical (unpaired) electrons. The fourth-order valence-electron chi connectivity index (χ4n) is 2.63. The number of hydrogen-bond donors (Lipinski definition) is 4. The topological polar surface area (TPSA) is 92.5 Å². The molecule has 0 spiro atoms. The molecule has 2 aromatic rings. The highest BCUT2D eigenvalue weighted by molar-refractivity contribution is 5.61. The van der Waals surface area contributed by atoms with Crippen LogP contribution in [0.3, 0.4) is 0 Å². The Balaban J connectivity index is 0.000000546. The van der Waals surface area contributed by atoms with Crippen LogP contribution in [0.5, 0.6) is 11.5 Å². The molecule has 16 heteroatoms. The zero-order valence-corrected chi connectivity index (χ0v) is 16.3. The van der Waals surface area contributed by atoms with Gasteiger partial charge in [-0.25, -0.2) is 4.39 Å². The fraction of sp³-hybridized carbons (Fsp3) is 0.333. The quantitative estimate of drug-likeness (QED) is 0.234. The monoisotopic (exact) mass is 518 g/mol. The van der Waals surface area contributed by atoms with Gasteiger partial charge >= 0.3 is 24.5 Å². The lowest BCUT2D eigenvalue weighted by Gasteiger charge is -2.38. The SMILES string of the molecule is FCC(F)(F)C(F)(F)F.Nc1cc(C(c2ccc(O)c(N)c2)(C(F)(F)F)C(F)(F)F)ccc1O. The van der Waals surface area contributed by atoms with Crippen LogP contribution in [0.1, 0.15) is 11.1 Å². The first-order valence-corrected chi connectivity index (χ1v) is 8.45. The summed E-state index contributed by atoms with van der Waals surface area (Å²) >= 11 is 0. The maximum atomic E-state index is 13.8. The molecule has 0 bridgehead atoms. The molecule has 0 aromatic heterocycles. The number of nitrogens with two attached hydrogens (primary N) is 2. The summed E-state index contributed by atoms with van der Waals surface area (Å²) in [6, 6.07) is 3.05. The van der Waals surface area contributed by atoms with Crippen molar-refractivity contribution >= 4 is 11.4 Å². The number of nitrogen functional groups attached to an aromatic ring is 2. The van der Waals surface area contributed by atoms with Gasteiger partial charge in [0.2, 0.25) is 5.41 Å². The Morgan fingerprint density at radius 3 is 1.09 bits per heavy atom. The highest BCUT2D eigenvalue weighted by Crippen LogP contribution is 2.57. The van der Waals surface area contributed by atoms with E-state index in [4.69, 9.17) is 11.5 Å². The van der Waals surface area contributed by atoms with Gasteiger partial charge in [0, 0.05) is 0 Å². The first-order chi connectivity index (χ1) is 15.1. The van der Waals surface area contributed by atoms with Gasteiger partial charge in [-0.2, -0.15) is 48.3 Å². The molecular weight excluding hydrogens is 504 g/mol. The third kappa shape index (κ3) is 5.30. The first kappa shape index (κ1) is 28.8. The van der Waals surface area contributed by atoms with E-state index in [1.165, 1.54) is 0 Å². The minimum absolute atomic E-state index is 0.402. The minimum Gasteiger partial charge on any atom is -0.506 e. The Labute approximate surface area is 182 Å². The molecule has 0 atom stereocenters. The molecule has 4 nitrogen and oxygen atoms in total. The molecule has 0 aliphatic rings. The highest BCUT2D eigenvalue weighted by atomic mass is 19.4. The number of anilines is 2. The van der Waals surface area contributed by atoms with Crippen molar-refractivity contribution in [3.63, 3.8) is 0 Å². The third-order valence-electron chi connectivity index (χ3n) is 4.35. The zero-order chi connectivity index (χ0) is 26.9. The minimum atomic E-state index is -5.82. The van der Waals surface area contributed by atoms with E-state index in [9.17, 15) is 62.9 Å². The third-order valence-corrected chi connectivity index (χ3v) is 4.35. The van der Waals surface area contributed by atoms with Gasteiger partial charge in [-0.3, -0.25) is 0 Å². The van der Waals surface area contributed by atoms with Crippen LogP contribution < -0.4 is 11.5 Å². The van der Waals surface area contributed by atoms with E-state index in [1.807, 2.05) is 0 Å². The summed E-state index contributed by atoms with van der Waals surface area (Å²) in [7, 11) is 0. The van der Waals surface area contributed by atoms with Crippen LogP contribution in [0.4, 0.5) is 64.1 Å². The highest BCUT2D eigenvalue weighted by Gasteiger charge is 2.72. The molecule has 0 saturated carbocycles. The fourth-order valence-corrected chi connectivity index (χ4v) is 2.63. The van der Waals surface area contributed by atoms with Gasteiger partial charge in [0.1, 0.15) is 11.5 Å². The largest absolute Gasteiger partial charge is 0.506 e. The molecule has 2 rings (SSSR count). The van der Waals surface area contributed by atoms with Crippen LogP contribution in [-0.2, 0) is 5.41 Å². The molecule has 192 valence electrons. The van der Waals surface area contributed by atoms with E-state index in [2.05, 4.69) is 0 Å². The number of phenolic OH excluding ortho intramolecular Hbond substituents is 2. The second-order valence-electron chi connectivity index (χ2n) is 6.63. The molecule has 0 heterocycles. The lowest BCUT2D eigenvalue weighted by molar-refractivity contribution is -0.288. The van der Waals surface area contributed by atoms with Crippen LogP contribution in [0, 0.1) is 0 Å². The second-order valence-corrected chi connectivity index (χ2v) is 6.63. The van der Waals surface area contributed by atoms with Crippen molar-refractivity contribution in [2.45, 2.75) is 29.9 Å². The summed E-state index contributed by atoms with van der Waals surface area (Å²) in [6.07, 6.45) is -17.4. The van der Waals surface area contributed by atoms with Crippen molar-refractivity contribution in [1.82, 2.24) is 0 Å². The van der Waals surface area contributed by atoms with Gasteiger partial charge in [-0.1, -0.05) is 12.1 Å². The Kier molecular flexibility index (Phi) is 7.81. The summed E-state index contributed by atoms with van der Waals surface area (Å²) in [4.78, 5) is 0. The molecule has 0 aliphatic heterocycles. The molecule has 34 heavy (non-hydrogen) atoms. The Morgan fingerprint density at radius 1 is 0.588 bits per heavy atom. The predicted molar refractivity (Wildman–Crippen MR) is 94.9 cm³/mol. The van der Waals surface area contributed by atoms with E-state index in [0.29, 0.717) is 36.4 Å². The van der Waals surface area contributed by atoms with Crippen molar-refractivity contribution in [2.24, 2.45) is 0 Å². The Bertz CT molecular complexity index is 932. The summed E-state index contributed by atoms with van der Waals surface area (Å²) in [5.41, 5.74) is 2.33. The van der Waals surface area contributed by atoms with Crippen molar-refractivity contribution in [1.29, 1.82) is 0 Å². The predicted octanol–water partition coefficient (Wildman–Crippen LogP) is 5.83. The van der Waals surface area contributed by atoms with Gasteiger partial charge in [0.05, 0.1) is 11.4 Å². The molecule has 0 unspecified atom stereocenters. The van der Waals surface area contributed by atoms with Gasteiger partial charge in [0.15, 0.2) is 6.67 Å². The molecule has 0 amide bonds. The van der Waals surface area contributed by atoms with Crippen molar-refractivity contribution < 1.29 is 62.9 Å². The van der Waals surface area contributed by atoms with Crippen LogP contribution in [0.25, 0.3) is 0 Å². The molecule has 0 fully saturated rings. The number of halogens is 12. The Morgan fingerprint density at radius 2 is 0.912 bits per heavy atom. The summed E-state index contributed by atoms with van der Waals surface area (Å²) in [5, 5.41) is 18.7. The molecular formula is C18H14F12N2O2. The number of rotatable bonds is 3. The summed E-state index contributed by atoms with van der Waals surface area (Å²) < 4.78 is 148. The molecule has 0 aliphatic carbocycles. The second kappa shape index (κ2) is 9.21. The average molecular weight is 518 g/mol. The van der Waals surface area contributed by atoms with E-state index in [0.717, 1.165) is 0 Å². The summed E-state index contributed by atoms with van der Waals surface area (Å²) in [6.45, 7) is -2.70. The maximum Gasteiger partial charge on any atom is 0.456 e. The zero-order valence-electron chi connectivity index (χ0n) is 16.3. The van der Waals surface area contributed by atoms with Crippen molar-refractivity contribution in [3.8, 4) is 11.5 Å². The van der Waals surface area contributed by atoms with E-state index in [-0.39, 0.29) is 0 Å². The number of alkyl halides is 12. The Hall–Kier alpha value is -3.20. The molecule has 6 N–H and O–H groups in total. The summed E-state index contributed by atoms with van der Waals surface area (Å²) in [5.74, 6) is -6.51. The smallest absolute Gasteiger partial charge is 0.456 e. The van der Waals surface area contributed by atoms with Crippen molar-refractivity contribution in [3.05, 3.63) is 47.5 Å². The van der Waals surface area contributed by atoms with Crippen LogP contribution >= 0.6 is 0 Å². The van der Waals surface area contributed by atoms with Gasteiger partial charge in [-0.05, 0) is 35.4 Å². The normalized spacial score (nSPS) is 13.3. The van der Waals surface area contributed by atoms with Gasteiger partial charge < -0.3 is 21.7 Å². The van der Waals surface area contributed by atoms with Crippen LogP contribution in [0.2, 0.25) is 0 Å². The standard InChI is InChI=1S/C15H12F6N2O2.C3H2F6/c16-14(17,18)13(15(19,20)21,7-1-3-11(24)9(22)5-7)8-2-4-12(25)10(23)6-8;4-1-2(5,6)3(7,8)9/h1-6,24-25H,22-23H2;1H2. The van der Waals surface area contributed by atoms with E-state index < -0.39 is 70.5 Å². The molecule has 2 aromatic carbocycles. The van der Waals surface area contributed by atoms with Gasteiger partial charge in [0.25, 0.3) is 0 Å².